The van der Waals surface area contributed by atoms with Crippen molar-refractivity contribution in [2.75, 3.05) is 11.9 Å². The van der Waals surface area contributed by atoms with E-state index in [0.29, 0.717) is 5.82 Å². The van der Waals surface area contributed by atoms with Crippen molar-refractivity contribution in [1.82, 2.24) is 15.1 Å². The Hall–Kier alpha value is -2.54. The van der Waals surface area contributed by atoms with E-state index in [1.807, 2.05) is 26.0 Å². The van der Waals surface area contributed by atoms with Gasteiger partial charge in [0, 0.05) is 23.6 Å². The molecule has 0 spiro atoms. The third-order valence-corrected chi connectivity index (χ3v) is 4.95. The summed E-state index contributed by atoms with van der Waals surface area (Å²) < 4.78 is 1.73. The summed E-state index contributed by atoms with van der Waals surface area (Å²) in [4.78, 5) is 24.1. The SMILES string of the molecule is C=CCNC(=O)C(=O)Nc1c2c(nn1-c1ccc(C)cc1C)CSC2. The van der Waals surface area contributed by atoms with Crippen LogP contribution in [0.2, 0.25) is 0 Å². The highest BCUT2D eigenvalue weighted by molar-refractivity contribution is 7.98. The number of anilines is 1. The van der Waals surface area contributed by atoms with Crippen LogP contribution in [-0.2, 0) is 21.1 Å². The summed E-state index contributed by atoms with van der Waals surface area (Å²) >= 11 is 1.74. The van der Waals surface area contributed by atoms with Crippen molar-refractivity contribution in [2.24, 2.45) is 0 Å². The van der Waals surface area contributed by atoms with Gasteiger partial charge in [0.15, 0.2) is 0 Å². The van der Waals surface area contributed by atoms with Crippen molar-refractivity contribution in [3.63, 3.8) is 0 Å². The van der Waals surface area contributed by atoms with E-state index in [1.165, 1.54) is 6.08 Å². The van der Waals surface area contributed by atoms with Crippen molar-refractivity contribution in [3.8, 4) is 5.69 Å². The van der Waals surface area contributed by atoms with E-state index in [2.05, 4.69) is 28.4 Å². The van der Waals surface area contributed by atoms with Gasteiger partial charge in [0.2, 0.25) is 0 Å². The fourth-order valence-corrected chi connectivity index (χ4v) is 3.80. The van der Waals surface area contributed by atoms with Gasteiger partial charge in [0.1, 0.15) is 5.82 Å². The van der Waals surface area contributed by atoms with E-state index in [1.54, 1.807) is 16.4 Å². The van der Waals surface area contributed by atoms with Crippen LogP contribution in [0.15, 0.2) is 30.9 Å². The highest BCUT2D eigenvalue weighted by Gasteiger charge is 2.26. The second-order valence-electron chi connectivity index (χ2n) is 5.92. The number of thioether (sulfide) groups is 1. The molecule has 3 rings (SSSR count). The van der Waals surface area contributed by atoms with E-state index in [0.717, 1.165) is 39.6 Å². The lowest BCUT2D eigenvalue weighted by atomic mass is 10.1. The molecule has 0 unspecified atom stereocenters. The van der Waals surface area contributed by atoms with Crippen molar-refractivity contribution >= 4 is 29.4 Å². The van der Waals surface area contributed by atoms with Crippen LogP contribution in [0.25, 0.3) is 5.69 Å². The fraction of sp³-hybridized carbons (Fsp3) is 0.278. The Bertz CT molecular complexity index is 857. The summed E-state index contributed by atoms with van der Waals surface area (Å²) in [6.07, 6.45) is 1.53. The zero-order valence-corrected chi connectivity index (χ0v) is 15.1. The largest absolute Gasteiger partial charge is 0.344 e. The fourth-order valence-electron chi connectivity index (χ4n) is 2.77. The number of rotatable bonds is 4. The maximum atomic E-state index is 12.2. The molecule has 0 radical (unpaired) electrons. The molecule has 0 bridgehead atoms. The first-order valence-electron chi connectivity index (χ1n) is 7.97. The highest BCUT2D eigenvalue weighted by atomic mass is 32.2. The van der Waals surface area contributed by atoms with Gasteiger partial charge in [-0.05, 0) is 25.5 Å². The van der Waals surface area contributed by atoms with Crippen molar-refractivity contribution in [1.29, 1.82) is 0 Å². The van der Waals surface area contributed by atoms with Crippen molar-refractivity contribution < 1.29 is 9.59 Å². The molecule has 7 heteroatoms. The van der Waals surface area contributed by atoms with E-state index in [-0.39, 0.29) is 6.54 Å². The van der Waals surface area contributed by atoms with Gasteiger partial charge in [-0.3, -0.25) is 9.59 Å². The van der Waals surface area contributed by atoms with Crippen LogP contribution >= 0.6 is 11.8 Å². The minimum absolute atomic E-state index is 0.247. The molecule has 1 aliphatic rings. The second kappa shape index (κ2) is 7.14. The Labute approximate surface area is 150 Å². The number of hydrogen-bond donors (Lipinski definition) is 2. The maximum absolute atomic E-state index is 12.2. The predicted molar refractivity (Wildman–Crippen MR) is 99.9 cm³/mol. The molecular formula is C18H20N4O2S. The molecule has 0 saturated carbocycles. The minimum atomic E-state index is -0.701. The first kappa shape index (κ1) is 17.3. The standard InChI is InChI=1S/C18H20N4O2S/c1-4-7-19-17(23)18(24)20-16-13-9-25-10-14(13)21-22(16)15-6-5-11(2)8-12(15)3/h4-6,8H,1,7,9-10H2,2-3H3,(H,19,23)(H,20,24). The summed E-state index contributed by atoms with van der Waals surface area (Å²) in [5, 5.41) is 9.89. The Morgan fingerprint density at radius 1 is 1.32 bits per heavy atom. The topological polar surface area (TPSA) is 76.0 Å². The average Bonchev–Trinajstić information content (AvgIpc) is 3.15. The number of carbonyl (C=O) groups excluding carboxylic acids is 2. The van der Waals surface area contributed by atoms with Crippen molar-refractivity contribution in [3.05, 3.63) is 53.2 Å². The molecule has 0 fully saturated rings. The van der Waals surface area contributed by atoms with Gasteiger partial charge in [0.05, 0.1) is 11.4 Å². The average molecular weight is 356 g/mol. The first-order valence-corrected chi connectivity index (χ1v) is 9.13. The van der Waals surface area contributed by atoms with Crippen molar-refractivity contribution in [2.45, 2.75) is 25.4 Å². The summed E-state index contributed by atoms with van der Waals surface area (Å²) in [7, 11) is 0. The van der Waals surface area contributed by atoms with Crippen LogP contribution in [0, 0.1) is 13.8 Å². The number of fused-ring (bicyclic) bond motifs is 1. The molecule has 2 N–H and O–H groups in total. The van der Waals surface area contributed by atoms with Gasteiger partial charge in [-0.2, -0.15) is 16.9 Å². The van der Waals surface area contributed by atoms with E-state index in [9.17, 15) is 9.59 Å². The van der Waals surface area contributed by atoms with Gasteiger partial charge >= 0.3 is 11.8 Å². The molecule has 2 amide bonds. The summed E-state index contributed by atoms with van der Waals surface area (Å²) in [6.45, 7) is 7.81. The summed E-state index contributed by atoms with van der Waals surface area (Å²) in [6, 6.07) is 6.05. The Balaban J connectivity index is 1.97. The van der Waals surface area contributed by atoms with Gasteiger partial charge < -0.3 is 10.6 Å². The minimum Gasteiger partial charge on any atom is -0.344 e. The number of amides is 2. The number of hydrogen-bond acceptors (Lipinski definition) is 4. The number of nitrogens with one attached hydrogen (secondary N) is 2. The predicted octanol–water partition coefficient (Wildman–Crippen LogP) is 2.48. The molecule has 1 aromatic heterocycles. The van der Waals surface area contributed by atoms with Gasteiger partial charge in [0.25, 0.3) is 0 Å². The van der Waals surface area contributed by atoms with Gasteiger partial charge in [-0.25, -0.2) is 4.68 Å². The molecule has 1 aliphatic heterocycles. The number of carbonyl (C=O) groups is 2. The van der Waals surface area contributed by atoms with Crippen LogP contribution < -0.4 is 10.6 Å². The summed E-state index contributed by atoms with van der Waals surface area (Å²) in [5.74, 6) is 0.758. The highest BCUT2D eigenvalue weighted by Crippen LogP contribution is 2.36. The zero-order valence-electron chi connectivity index (χ0n) is 14.3. The monoisotopic (exact) mass is 356 g/mol. The number of benzene rings is 1. The lowest BCUT2D eigenvalue weighted by Crippen LogP contribution is -2.36. The molecule has 0 aliphatic carbocycles. The maximum Gasteiger partial charge on any atom is 0.314 e. The molecule has 25 heavy (non-hydrogen) atoms. The third kappa shape index (κ3) is 3.46. The Morgan fingerprint density at radius 3 is 2.84 bits per heavy atom. The van der Waals surface area contributed by atoms with E-state index < -0.39 is 11.8 Å². The lowest BCUT2D eigenvalue weighted by Gasteiger charge is -2.13. The molecule has 6 nitrogen and oxygen atoms in total. The lowest BCUT2D eigenvalue weighted by molar-refractivity contribution is -0.136. The van der Waals surface area contributed by atoms with Gasteiger partial charge in [-0.15, -0.1) is 6.58 Å². The quantitative estimate of drug-likeness (QED) is 0.652. The zero-order chi connectivity index (χ0) is 18.0. The van der Waals surface area contributed by atoms with Crippen LogP contribution in [0.3, 0.4) is 0 Å². The number of nitrogens with zero attached hydrogens (tertiary/aromatic N) is 2. The number of aromatic nitrogens is 2. The molecule has 130 valence electrons. The normalized spacial score (nSPS) is 12.6. The second-order valence-corrected chi connectivity index (χ2v) is 6.91. The van der Waals surface area contributed by atoms with E-state index >= 15 is 0 Å². The van der Waals surface area contributed by atoms with Crippen LogP contribution in [0.1, 0.15) is 22.4 Å². The molecule has 0 atom stereocenters. The van der Waals surface area contributed by atoms with Crippen LogP contribution in [0.4, 0.5) is 5.82 Å². The Kier molecular flexibility index (Phi) is 4.94. The molecule has 1 aromatic carbocycles. The van der Waals surface area contributed by atoms with Gasteiger partial charge in [-0.1, -0.05) is 23.8 Å². The van der Waals surface area contributed by atoms with Crippen LogP contribution in [-0.4, -0.2) is 28.1 Å². The molecular weight excluding hydrogens is 336 g/mol. The van der Waals surface area contributed by atoms with E-state index in [4.69, 9.17) is 0 Å². The van der Waals surface area contributed by atoms with Crippen LogP contribution in [0.5, 0.6) is 0 Å². The summed E-state index contributed by atoms with van der Waals surface area (Å²) in [5.41, 5.74) is 5.04. The molecule has 2 heterocycles. The Morgan fingerprint density at radius 2 is 2.12 bits per heavy atom. The first-order chi connectivity index (χ1) is 12.0. The third-order valence-electron chi connectivity index (χ3n) is 3.98. The molecule has 0 saturated heterocycles. The number of aryl methyl sites for hydroxylation is 2. The smallest absolute Gasteiger partial charge is 0.314 e. The molecule has 2 aromatic rings.